The summed E-state index contributed by atoms with van der Waals surface area (Å²) >= 11 is 0. The second-order valence-electron chi connectivity index (χ2n) is 5.93. The Morgan fingerprint density at radius 1 is 1.32 bits per heavy atom. The van der Waals surface area contributed by atoms with Crippen LogP contribution in [0, 0.1) is 0 Å². The van der Waals surface area contributed by atoms with Gasteiger partial charge >= 0.3 is 0 Å². The van der Waals surface area contributed by atoms with Crippen molar-refractivity contribution in [3.8, 4) is 5.75 Å². The van der Waals surface area contributed by atoms with Gasteiger partial charge in [0.15, 0.2) is 5.78 Å². The summed E-state index contributed by atoms with van der Waals surface area (Å²) in [5.74, 6) is 0.945. The van der Waals surface area contributed by atoms with Crippen molar-refractivity contribution in [2.24, 2.45) is 0 Å². The van der Waals surface area contributed by atoms with Gasteiger partial charge in [0.1, 0.15) is 17.1 Å². The van der Waals surface area contributed by atoms with Gasteiger partial charge in [0.2, 0.25) is 0 Å². The van der Waals surface area contributed by atoms with Crippen LogP contribution in [0.3, 0.4) is 0 Å². The van der Waals surface area contributed by atoms with Crippen LogP contribution in [0.2, 0.25) is 0 Å². The van der Waals surface area contributed by atoms with Gasteiger partial charge in [-0.3, -0.25) is 9.59 Å². The highest BCUT2D eigenvalue weighted by atomic mass is 16.5. The van der Waals surface area contributed by atoms with E-state index >= 15 is 0 Å². The maximum atomic E-state index is 12.2. The number of hydrogen-bond acceptors (Lipinski definition) is 4. The van der Waals surface area contributed by atoms with Gasteiger partial charge in [-0.1, -0.05) is 0 Å². The lowest BCUT2D eigenvalue weighted by atomic mass is 9.92. The molecule has 0 spiro atoms. The van der Waals surface area contributed by atoms with Crippen LogP contribution in [0.25, 0.3) is 0 Å². The molecule has 1 N–H and O–H groups in total. The standard InChI is InChI=1S/C17H17NO4/c1-17(2)9-14(19)13-8-11(5-6-15(13)22-17)16(20)18-10-12-4-3-7-21-12/h3-8H,9-10H2,1-2H3,(H,18,20). The molecule has 0 saturated heterocycles. The summed E-state index contributed by atoms with van der Waals surface area (Å²) in [6.07, 6.45) is 1.86. The van der Waals surface area contributed by atoms with Crippen LogP contribution in [0.4, 0.5) is 0 Å². The topological polar surface area (TPSA) is 68.5 Å². The Balaban J connectivity index is 1.77. The van der Waals surface area contributed by atoms with E-state index in [4.69, 9.17) is 9.15 Å². The molecule has 0 bridgehead atoms. The molecule has 0 fully saturated rings. The highest BCUT2D eigenvalue weighted by molar-refractivity contribution is 6.03. The smallest absolute Gasteiger partial charge is 0.251 e. The molecule has 3 rings (SSSR count). The van der Waals surface area contributed by atoms with Gasteiger partial charge in [0.05, 0.1) is 24.8 Å². The summed E-state index contributed by atoms with van der Waals surface area (Å²) in [6.45, 7) is 4.05. The summed E-state index contributed by atoms with van der Waals surface area (Å²) in [5.41, 5.74) is 0.389. The molecule has 2 heterocycles. The van der Waals surface area contributed by atoms with Crippen LogP contribution >= 0.6 is 0 Å². The molecule has 0 unspecified atom stereocenters. The van der Waals surface area contributed by atoms with E-state index in [-0.39, 0.29) is 11.7 Å². The van der Waals surface area contributed by atoms with E-state index in [0.717, 1.165) is 0 Å². The summed E-state index contributed by atoms with van der Waals surface area (Å²) in [7, 11) is 0. The fraction of sp³-hybridized carbons (Fsp3) is 0.294. The molecule has 1 aliphatic heterocycles. The third-order valence-electron chi connectivity index (χ3n) is 3.52. The fourth-order valence-electron chi connectivity index (χ4n) is 2.48. The van der Waals surface area contributed by atoms with Gasteiger partial charge in [-0.15, -0.1) is 0 Å². The third-order valence-corrected chi connectivity index (χ3v) is 3.52. The lowest BCUT2D eigenvalue weighted by Crippen LogP contribution is -2.36. The maximum absolute atomic E-state index is 12.2. The van der Waals surface area contributed by atoms with E-state index in [2.05, 4.69) is 5.32 Å². The summed E-state index contributed by atoms with van der Waals surface area (Å²) < 4.78 is 10.9. The average Bonchev–Trinajstić information content (AvgIpc) is 2.96. The fourth-order valence-corrected chi connectivity index (χ4v) is 2.48. The number of ether oxygens (including phenoxy) is 1. The van der Waals surface area contributed by atoms with Crippen LogP contribution in [0.1, 0.15) is 46.7 Å². The molecule has 0 saturated carbocycles. The highest BCUT2D eigenvalue weighted by Gasteiger charge is 2.32. The van der Waals surface area contributed by atoms with Crippen LogP contribution in [0.15, 0.2) is 41.0 Å². The van der Waals surface area contributed by atoms with Gasteiger partial charge in [-0.2, -0.15) is 0 Å². The number of furan rings is 1. The number of Topliss-reactive ketones (excluding diaryl/α,β-unsaturated/α-hetero) is 1. The first-order chi connectivity index (χ1) is 10.4. The quantitative estimate of drug-likeness (QED) is 0.946. The molecule has 1 amide bonds. The molecule has 0 radical (unpaired) electrons. The summed E-state index contributed by atoms with van der Waals surface area (Å²) in [6, 6.07) is 8.47. The number of nitrogens with one attached hydrogen (secondary N) is 1. The van der Waals surface area contributed by atoms with E-state index < -0.39 is 5.60 Å². The predicted molar refractivity (Wildman–Crippen MR) is 80.0 cm³/mol. The van der Waals surface area contributed by atoms with Crippen molar-refractivity contribution in [2.45, 2.75) is 32.4 Å². The Kier molecular flexibility index (Phi) is 3.48. The maximum Gasteiger partial charge on any atom is 0.251 e. The minimum atomic E-state index is -0.507. The molecule has 0 aliphatic carbocycles. The second kappa shape index (κ2) is 5.33. The Labute approximate surface area is 128 Å². The Morgan fingerprint density at radius 3 is 2.86 bits per heavy atom. The summed E-state index contributed by atoms with van der Waals surface area (Å²) in [4.78, 5) is 24.3. The zero-order valence-electron chi connectivity index (χ0n) is 12.5. The van der Waals surface area contributed by atoms with Gasteiger partial charge in [-0.05, 0) is 44.2 Å². The molecular weight excluding hydrogens is 282 g/mol. The number of carbonyl (C=O) groups is 2. The molecule has 22 heavy (non-hydrogen) atoms. The molecule has 1 aliphatic rings. The monoisotopic (exact) mass is 299 g/mol. The van der Waals surface area contributed by atoms with Gasteiger partial charge < -0.3 is 14.5 Å². The number of benzene rings is 1. The van der Waals surface area contributed by atoms with E-state index in [1.165, 1.54) is 0 Å². The number of carbonyl (C=O) groups excluding carboxylic acids is 2. The van der Waals surface area contributed by atoms with Crippen molar-refractivity contribution in [3.05, 3.63) is 53.5 Å². The molecule has 0 atom stereocenters. The normalized spacial score (nSPS) is 15.8. The molecular formula is C17H17NO4. The Hall–Kier alpha value is -2.56. The first-order valence-corrected chi connectivity index (χ1v) is 7.11. The Bertz CT molecular complexity index is 716. The first kappa shape index (κ1) is 14.4. The zero-order valence-corrected chi connectivity index (χ0v) is 12.5. The second-order valence-corrected chi connectivity index (χ2v) is 5.93. The van der Waals surface area contributed by atoms with Crippen LogP contribution in [0.5, 0.6) is 5.75 Å². The van der Waals surface area contributed by atoms with Crippen molar-refractivity contribution in [2.75, 3.05) is 0 Å². The van der Waals surface area contributed by atoms with E-state index in [1.807, 2.05) is 13.8 Å². The number of hydrogen-bond donors (Lipinski definition) is 1. The van der Waals surface area contributed by atoms with Crippen LogP contribution in [-0.2, 0) is 6.54 Å². The zero-order chi connectivity index (χ0) is 15.7. The Morgan fingerprint density at radius 2 is 2.14 bits per heavy atom. The molecule has 2 aromatic rings. The number of amides is 1. The van der Waals surface area contributed by atoms with Crippen molar-refractivity contribution in [3.63, 3.8) is 0 Å². The largest absolute Gasteiger partial charge is 0.487 e. The minimum absolute atomic E-state index is 0.00747. The van der Waals surface area contributed by atoms with Gasteiger partial charge in [-0.25, -0.2) is 0 Å². The number of fused-ring (bicyclic) bond motifs is 1. The SMILES string of the molecule is CC1(C)CC(=O)c2cc(C(=O)NCc3ccco3)ccc2O1. The minimum Gasteiger partial charge on any atom is -0.487 e. The molecule has 5 nitrogen and oxygen atoms in total. The van der Waals surface area contributed by atoms with Crippen LogP contribution in [-0.4, -0.2) is 17.3 Å². The first-order valence-electron chi connectivity index (χ1n) is 7.11. The molecule has 5 heteroatoms. The highest BCUT2D eigenvalue weighted by Crippen LogP contribution is 2.33. The molecule has 1 aromatic carbocycles. The van der Waals surface area contributed by atoms with E-state index in [0.29, 0.717) is 35.6 Å². The predicted octanol–water partition coefficient (Wildman–Crippen LogP) is 2.95. The molecule has 1 aromatic heterocycles. The van der Waals surface area contributed by atoms with Crippen LogP contribution < -0.4 is 10.1 Å². The summed E-state index contributed by atoms with van der Waals surface area (Å²) in [5, 5.41) is 2.75. The average molecular weight is 299 g/mol. The van der Waals surface area contributed by atoms with Crippen molar-refractivity contribution >= 4 is 11.7 Å². The lowest BCUT2D eigenvalue weighted by molar-refractivity contribution is 0.0620. The van der Waals surface area contributed by atoms with E-state index in [1.54, 1.807) is 36.6 Å². The van der Waals surface area contributed by atoms with Crippen molar-refractivity contribution in [1.29, 1.82) is 0 Å². The number of rotatable bonds is 3. The van der Waals surface area contributed by atoms with Gasteiger partial charge in [0.25, 0.3) is 5.91 Å². The molecule has 114 valence electrons. The number of ketones is 1. The lowest BCUT2D eigenvalue weighted by Gasteiger charge is -2.31. The van der Waals surface area contributed by atoms with Crippen molar-refractivity contribution < 1.29 is 18.7 Å². The van der Waals surface area contributed by atoms with Gasteiger partial charge in [0, 0.05) is 5.56 Å². The van der Waals surface area contributed by atoms with E-state index in [9.17, 15) is 9.59 Å². The third kappa shape index (κ3) is 2.88. The van der Waals surface area contributed by atoms with Crippen molar-refractivity contribution in [1.82, 2.24) is 5.32 Å².